The molecule has 37 heavy (non-hydrogen) atoms. The standard InChI is InChI=1S/C29H33ClN6O/c1-22-24(21-33-10-12-35(13-11-33)27-9-4-3-8-26(27)30)19-28(32(22)2)29(37)36-16-14-34(15-17-36)25-7-5-6-23(18-25)20-31/h3-9,18-19H,10-17,21H2,1-2H3. The first-order valence-electron chi connectivity index (χ1n) is 12.9. The topological polar surface area (TPSA) is 58.8 Å². The predicted molar refractivity (Wildman–Crippen MR) is 148 cm³/mol. The van der Waals surface area contributed by atoms with Gasteiger partial charge in [-0.3, -0.25) is 9.69 Å². The lowest BCUT2D eigenvalue weighted by atomic mass is 10.1. The molecule has 8 heteroatoms. The number of aromatic nitrogens is 1. The second-order valence-electron chi connectivity index (χ2n) is 9.86. The molecule has 0 unspecified atom stereocenters. The van der Waals surface area contributed by atoms with E-state index in [0.717, 1.165) is 73.6 Å². The highest BCUT2D eigenvalue weighted by molar-refractivity contribution is 6.33. The summed E-state index contributed by atoms with van der Waals surface area (Å²) in [5.74, 6) is 0.0887. The fraction of sp³-hybridized carbons (Fsp3) is 0.379. The fourth-order valence-corrected chi connectivity index (χ4v) is 5.58. The van der Waals surface area contributed by atoms with Gasteiger partial charge in [0.05, 0.1) is 22.3 Å². The van der Waals surface area contributed by atoms with Crippen LogP contribution in [0.1, 0.15) is 27.3 Å². The molecule has 2 fully saturated rings. The summed E-state index contributed by atoms with van der Waals surface area (Å²) in [6, 6.07) is 20.0. The highest BCUT2D eigenvalue weighted by Crippen LogP contribution is 2.27. The Kier molecular flexibility index (Phi) is 7.40. The van der Waals surface area contributed by atoms with Crippen LogP contribution in [0.3, 0.4) is 0 Å². The Morgan fingerprint density at radius 2 is 1.62 bits per heavy atom. The zero-order valence-corrected chi connectivity index (χ0v) is 22.3. The number of nitriles is 1. The molecule has 192 valence electrons. The van der Waals surface area contributed by atoms with Crippen LogP contribution in [0.5, 0.6) is 0 Å². The summed E-state index contributed by atoms with van der Waals surface area (Å²) in [5, 5.41) is 9.99. The van der Waals surface area contributed by atoms with Crippen molar-refractivity contribution in [1.82, 2.24) is 14.4 Å². The fourth-order valence-electron chi connectivity index (χ4n) is 5.33. The molecule has 0 saturated carbocycles. The van der Waals surface area contributed by atoms with Crippen molar-refractivity contribution >= 4 is 28.9 Å². The second-order valence-corrected chi connectivity index (χ2v) is 10.3. The molecule has 5 rings (SSSR count). The number of anilines is 2. The number of piperazine rings is 2. The molecule has 2 aromatic carbocycles. The molecule has 1 aromatic heterocycles. The highest BCUT2D eigenvalue weighted by atomic mass is 35.5. The third-order valence-corrected chi connectivity index (χ3v) is 8.05. The van der Waals surface area contributed by atoms with Gasteiger partial charge in [0.1, 0.15) is 5.69 Å². The molecule has 1 amide bonds. The van der Waals surface area contributed by atoms with Gasteiger partial charge in [-0.2, -0.15) is 5.26 Å². The molecule has 0 bridgehead atoms. The van der Waals surface area contributed by atoms with Crippen LogP contribution in [0.25, 0.3) is 0 Å². The molecule has 7 nitrogen and oxygen atoms in total. The molecule has 0 radical (unpaired) electrons. The predicted octanol–water partition coefficient (Wildman–Crippen LogP) is 4.14. The molecule has 0 N–H and O–H groups in total. The van der Waals surface area contributed by atoms with Gasteiger partial charge in [0.2, 0.25) is 0 Å². The van der Waals surface area contributed by atoms with Gasteiger partial charge in [-0.1, -0.05) is 29.8 Å². The molecular weight excluding hydrogens is 484 g/mol. The smallest absolute Gasteiger partial charge is 0.270 e. The summed E-state index contributed by atoms with van der Waals surface area (Å²) in [5.41, 5.74) is 5.91. The highest BCUT2D eigenvalue weighted by Gasteiger charge is 2.26. The number of amides is 1. The van der Waals surface area contributed by atoms with E-state index in [1.54, 1.807) is 0 Å². The van der Waals surface area contributed by atoms with E-state index in [-0.39, 0.29) is 5.91 Å². The van der Waals surface area contributed by atoms with E-state index in [4.69, 9.17) is 11.6 Å². The third kappa shape index (κ3) is 5.31. The Hall–Kier alpha value is -3.47. The number of benzene rings is 2. The maximum Gasteiger partial charge on any atom is 0.270 e. The lowest BCUT2D eigenvalue weighted by Crippen LogP contribution is -2.49. The van der Waals surface area contributed by atoms with Crippen molar-refractivity contribution in [1.29, 1.82) is 5.26 Å². The van der Waals surface area contributed by atoms with Gasteiger partial charge in [-0.05, 0) is 48.9 Å². The molecule has 3 aromatic rings. The number of nitrogens with zero attached hydrogens (tertiary/aromatic N) is 6. The number of carbonyl (C=O) groups excluding carboxylic acids is 1. The molecule has 2 saturated heterocycles. The van der Waals surface area contributed by atoms with Crippen molar-refractivity contribution in [2.75, 3.05) is 62.2 Å². The quantitative estimate of drug-likeness (QED) is 0.510. The van der Waals surface area contributed by atoms with Gasteiger partial charge in [0.25, 0.3) is 5.91 Å². The minimum atomic E-state index is 0.0887. The summed E-state index contributed by atoms with van der Waals surface area (Å²) >= 11 is 6.40. The minimum Gasteiger partial charge on any atom is -0.368 e. The Labute approximate surface area is 224 Å². The van der Waals surface area contributed by atoms with Gasteiger partial charge >= 0.3 is 0 Å². The van der Waals surface area contributed by atoms with E-state index in [1.165, 1.54) is 5.56 Å². The third-order valence-electron chi connectivity index (χ3n) is 7.73. The molecule has 3 heterocycles. The van der Waals surface area contributed by atoms with Crippen molar-refractivity contribution in [2.45, 2.75) is 13.5 Å². The number of rotatable bonds is 5. The van der Waals surface area contributed by atoms with Gasteiger partial charge in [0.15, 0.2) is 0 Å². The average molecular weight is 517 g/mol. The first kappa shape index (κ1) is 25.2. The van der Waals surface area contributed by atoms with E-state index >= 15 is 0 Å². The lowest BCUT2D eigenvalue weighted by molar-refractivity contribution is 0.0737. The van der Waals surface area contributed by atoms with E-state index < -0.39 is 0 Å². The normalized spacial score (nSPS) is 16.6. The van der Waals surface area contributed by atoms with E-state index in [0.29, 0.717) is 18.7 Å². The van der Waals surface area contributed by atoms with E-state index in [2.05, 4.69) is 39.8 Å². The van der Waals surface area contributed by atoms with Crippen molar-refractivity contribution < 1.29 is 4.79 Å². The van der Waals surface area contributed by atoms with Crippen LogP contribution >= 0.6 is 11.6 Å². The number of hydrogen-bond acceptors (Lipinski definition) is 5. The van der Waals surface area contributed by atoms with Crippen LogP contribution in [0.4, 0.5) is 11.4 Å². The van der Waals surface area contributed by atoms with Crippen LogP contribution in [-0.2, 0) is 13.6 Å². The summed E-state index contributed by atoms with van der Waals surface area (Å²) in [6.07, 6.45) is 0. The van der Waals surface area contributed by atoms with Crippen LogP contribution in [0, 0.1) is 18.3 Å². The van der Waals surface area contributed by atoms with Crippen molar-refractivity contribution in [3.63, 3.8) is 0 Å². The molecule has 0 aliphatic carbocycles. The first-order valence-corrected chi connectivity index (χ1v) is 13.2. The van der Waals surface area contributed by atoms with Crippen LogP contribution < -0.4 is 9.80 Å². The monoisotopic (exact) mass is 516 g/mol. The van der Waals surface area contributed by atoms with Gasteiger partial charge < -0.3 is 19.3 Å². The lowest BCUT2D eigenvalue weighted by Gasteiger charge is -2.36. The molecule has 2 aliphatic heterocycles. The number of para-hydroxylation sites is 1. The SMILES string of the molecule is Cc1c(CN2CCN(c3ccccc3Cl)CC2)cc(C(=O)N2CCN(c3cccc(C#N)c3)CC2)n1C. The van der Waals surface area contributed by atoms with Crippen molar-refractivity contribution in [3.05, 3.63) is 82.1 Å². The van der Waals surface area contributed by atoms with Crippen molar-refractivity contribution in [3.8, 4) is 6.07 Å². The van der Waals surface area contributed by atoms with Crippen LogP contribution in [0.2, 0.25) is 5.02 Å². The zero-order valence-electron chi connectivity index (χ0n) is 21.5. The molecule has 2 aliphatic rings. The Morgan fingerprint density at radius 3 is 2.32 bits per heavy atom. The minimum absolute atomic E-state index is 0.0887. The van der Waals surface area contributed by atoms with Gasteiger partial charge in [0, 0.05) is 77.3 Å². The summed E-state index contributed by atoms with van der Waals surface area (Å²) in [6.45, 7) is 9.57. The van der Waals surface area contributed by atoms with Gasteiger partial charge in [-0.15, -0.1) is 0 Å². The number of hydrogen-bond donors (Lipinski definition) is 0. The Balaban J connectivity index is 1.19. The van der Waals surface area contributed by atoms with E-state index in [9.17, 15) is 10.1 Å². The maximum atomic E-state index is 13.5. The number of carbonyl (C=O) groups is 1. The van der Waals surface area contributed by atoms with E-state index in [1.807, 2.05) is 59.0 Å². The number of halogens is 1. The average Bonchev–Trinajstić information content (AvgIpc) is 3.22. The molecule has 0 atom stereocenters. The molecule has 0 spiro atoms. The summed E-state index contributed by atoms with van der Waals surface area (Å²) < 4.78 is 2.04. The second kappa shape index (κ2) is 10.9. The Bertz CT molecular complexity index is 1310. The van der Waals surface area contributed by atoms with Crippen molar-refractivity contribution in [2.24, 2.45) is 7.05 Å². The maximum absolute atomic E-state index is 13.5. The largest absolute Gasteiger partial charge is 0.368 e. The zero-order chi connectivity index (χ0) is 25.9. The first-order chi connectivity index (χ1) is 17.9. The summed E-state index contributed by atoms with van der Waals surface area (Å²) in [4.78, 5) is 22.5. The van der Waals surface area contributed by atoms with Crippen LogP contribution in [-0.4, -0.2) is 72.6 Å². The Morgan fingerprint density at radius 1 is 0.919 bits per heavy atom. The molecular formula is C29H33ClN6O. The van der Waals surface area contributed by atoms with Crippen LogP contribution in [0.15, 0.2) is 54.6 Å². The van der Waals surface area contributed by atoms with Gasteiger partial charge in [-0.25, -0.2) is 0 Å². The summed E-state index contributed by atoms with van der Waals surface area (Å²) in [7, 11) is 1.99.